The molecule has 0 fully saturated rings. The monoisotopic (exact) mass is 408 g/mol. The summed E-state index contributed by atoms with van der Waals surface area (Å²) < 4.78 is 15.0. The third-order valence-electron chi connectivity index (χ3n) is 3.32. The van der Waals surface area contributed by atoms with E-state index in [9.17, 15) is 9.59 Å². The number of aliphatic hydroxyl groups excluding tert-OH is 1. The molecule has 0 radical (unpaired) electrons. The molecule has 1 atom stereocenters. The van der Waals surface area contributed by atoms with Crippen LogP contribution in [0.2, 0.25) is 0 Å². The van der Waals surface area contributed by atoms with Crippen LogP contribution in [0, 0.1) is 0 Å². The minimum Gasteiger partial charge on any atom is -0.392 e. The van der Waals surface area contributed by atoms with Gasteiger partial charge in [-0.2, -0.15) is 0 Å². The maximum Gasteiger partial charge on any atom is 0.222 e. The molecule has 8 heteroatoms. The Balaban J connectivity index is -0.000000336. The van der Waals surface area contributed by atoms with Gasteiger partial charge in [-0.3, -0.25) is 9.59 Å². The highest BCUT2D eigenvalue weighted by Gasteiger charge is 2.00. The number of likely N-dealkylation sites (N-methyl/N-ethyl adjacent to an activating group) is 1. The largest absolute Gasteiger partial charge is 0.392 e. The van der Waals surface area contributed by atoms with Gasteiger partial charge in [-0.25, -0.2) is 0 Å². The van der Waals surface area contributed by atoms with Crippen LogP contribution in [0.25, 0.3) is 0 Å². The van der Waals surface area contributed by atoms with E-state index < -0.39 is 0 Å². The van der Waals surface area contributed by atoms with Gasteiger partial charge >= 0.3 is 0 Å². The molecule has 1 unspecified atom stereocenters. The first kappa shape index (κ1) is 31.6. The van der Waals surface area contributed by atoms with E-state index >= 15 is 0 Å². The number of rotatable bonds is 15. The summed E-state index contributed by atoms with van der Waals surface area (Å²) in [6.45, 7) is 12.2. The molecular weight excluding hydrogens is 364 g/mol. The topological polar surface area (TPSA) is 106 Å². The van der Waals surface area contributed by atoms with E-state index in [1.807, 2.05) is 34.7 Å². The molecule has 8 nitrogen and oxygen atoms in total. The van der Waals surface area contributed by atoms with Crippen LogP contribution in [-0.4, -0.2) is 83.2 Å². The fourth-order valence-corrected chi connectivity index (χ4v) is 1.64. The molecule has 0 saturated carbocycles. The fourth-order valence-electron chi connectivity index (χ4n) is 1.64. The quantitative estimate of drug-likeness (QED) is 0.353. The summed E-state index contributed by atoms with van der Waals surface area (Å²) in [4.78, 5) is 21.1. The molecule has 28 heavy (non-hydrogen) atoms. The Kier molecular flexibility index (Phi) is 31.8. The molecule has 0 aromatic carbocycles. The lowest BCUT2D eigenvalue weighted by Gasteiger charge is -2.08. The van der Waals surface area contributed by atoms with Crippen molar-refractivity contribution in [1.29, 1.82) is 0 Å². The second kappa shape index (κ2) is 28.2. The Morgan fingerprint density at radius 1 is 0.857 bits per heavy atom. The normalized spacial score (nSPS) is 10.8. The molecule has 3 N–H and O–H groups in total. The number of aliphatic hydroxyl groups is 1. The molecule has 1 amide bonds. The van der Waals surface area contributed by atoms with Gasteiger partial charge in [-0.15, -0.1) is 0 Å². The average Bonchev–Trinajstić information content (AvgIpc) is 2.69. The third-order valence-corrected chi connectivity index (χ3v) is 3.32. The van der Waals surface area contributed by atoms with Crippen LogP contribution < -0.4 is 10.6 Å². The minimum atomic E-state index is -0.267. The molecule has 0 aliphatic carbocycles. The Morgan fingerprint density at radius 2 is 1.36 bits per heavy atom. The number of ketones is 1. The first-order valence-corrected chi connectivity index (χ1v) is 10.2. The zero-order chi connectivity index (χ0) is 22.0. The van der Waals surface area contributed by atoms with E-state index in [-0.39, 0.29) is 17.8 Å². The highest BCUT2D eigenvalue weighted by molar-refractivity contribution is 5.78. The van der Waals surface area contributed by atoms with Gasteiger partial charge < -0.3 is 30.0 Å². The summed E-state index contributed by atoms with van der Waals surface area (Å²) >= 11 is 0. The average molecular weight is 409 g/mol. The second-order valence-corrected chi connectivity index (χ2v) is 5.66. The molecule has 0 saturated heterocycles. The van der Waals surface area contributed by atoms with Crippen LogP contribution in [-0.2, 0) is 23.8 Å². The fraction of sp³-hybridized carbons (Fsp3) is 0.900. The van der Waals surface area contributed by atoms with Crippen molar-refractivity contribution >= 4 is 11.7 Å². The number of Topliss-reactive ketones (excluding diaryl/α,β-unsaturated/α-hetero) is 1. The Labute approximate surface area is 171 Å². The van der Waals surface area contributed by atoms with Gasteiger partial charge in [0.1, 0.15) is 5.78 Å². The van der Waals surface area contributed by atoms with Gasteiger partial charge in [0.15, 0.2) is 0 Å². The van der Waals surface area contributed by atoms with Crippen molar-refractivity contribution in [3.8, 4) is 0 Å². The van der Waals surface area contributed by atoms with Crippen LogP contribution >= 0.6 is 0 Å². The highest BCUT2D eigenvalue weighted by Crippen LogP contribution is 1.90. The molecule has 0 aromatic rings. The number of amides is 1. The molecular formula is C20H44N2O6. The summed E-state index contributed by atoms with van der Waals surface area (Å²) in [6, 6.07) is 0. The lowest BCUT2D eigenvalue weighted by Crippen LogP contribution is -2.24. The summed E-state index contributed by atoms with van der Waals surface area (Å²) in [7, 11) is 3.44. The standard InChI is InChI=1S/C7H17NO2.C7H14O2.C6H13NO2/c1-3-10-5-4-7(9)6-8-2;1-3-7(8)5-6-9-4-2;1-3-9-5-4-6(8)7-2/h7-9H,3-6H2,1-2H3;3-6H2,1-2H3;3-5H2,1-2H3,(H,7,8). The zero-order valence-electron chi connectivity index (χ0n) is 18.8. The summed E-state index contributed by atoms with van der Waals surface area (Å²) in [5.74, 6) is 0.312. The summed E-state index contributed by atoms with van der Waals surface area (Å²) in [6.07, 6.45) is 2.12. The first-order chi connectivity index (χ1) is 13.4. The van der Waals surface area contributed by atoms with Gasteiger partial charge in [0.2, 0.25) is 5.91 Å². The van der Waals surface area contributed by atoms with Crippen molar-refractivity contribution in [3.05, 3.63) is 0 Å². The number of carbonyl (C=O) groups excluding carboxylic acids is 2. The van der Waals surface area contributed by atoms with Crippen molar-refractivity contribution in [2.24, 2.45) is 0 Å². The molecule has 0 rings (SSSR count). The number of hydrogen-bond acceptors (Lipinski definition) is 7. The predicted octanol–water partition coefficient (Wildman–Crippen LogP) is 1.54. The minimum absolute atomic E-state index is 0.0310. The van der Waals surface area contributed by atoms with Crippen molar-refractivity contribution in [2.75, 3.05) is 60.3 Å². The van der Waals surface area contributed by atoms with Crippen molar-refractivity contribution in [3.63, 3.8) is 0 Å². The van der Waals surface area contributed by atoms with Crippen LogP contribution in [0.4, 0.5) is 0 Å². The van der Waals surface area contributed by atoms with E-state index in [0.717, 1.165) is 6.61 Å². The van der Waals surface area contributed by atoms with Crippen molar-refractivity contribution < 1.29 is 28.9 Å². The van der Waals surface area contributed by atoms with E-state index in [0.29, 0.717) is 65.3 Å². The third kappa shape index (κ3) is 32.6. The van der Waals surface area contributed by atoms with E-state index in [2.05, 4.69) is 10.6 Å². The number of nitrogens with one attached hydrogen (secondary N) is 2. The maximum atomic E-state index is 10.6. The van der Waals surface area contributed by atoms with Crippen LogP contribution in [0.5, 0.6) is 0 Å². The second-order valence-electron chi connectivity index (χ2n) is 5.66. The van der Waals surface area contributed by atoms with Gasteiger partial charge in [-0.1, -0.05) is 6.92 Å². The van der Waals surface area contributed by atoms with E-state index in [1.165, 1.54) is 0 Å². The van der Waals surface area contributed by atoms with Gasteiger partial charge in [-0.05, 0) is 34.2 Å². The molecule has 0 bridgehead atoms. The maximum absolute atomic E-state index is 10.6. The Morgan fingerprint density at radius 3 is 1.79 bits per heavy atom. The zero-order valence-corrected chi connectivity index (χ0v) is 18.8. The lowest BCUT2D eigenvalue weighted by molar-refractivity contribution is -0.121. The van der Waals surface area contributed by atoms with E-state index in [4.69, 9.17) is 19.3 Å². The molecule has 0 spiro atoms. The number of ether oxygens (including phenoxy) is 3. The van der Waals surface area contributed by atoms with Gasteiger partial charge in [0, 0.05) is 59.3 Å². The molecule has 0 aromatic heterocycles. The molecule has 0 heterocycles. The van der Waals surface area contributed by atoms with Crippen molar-refractivity contribution in [1.82, 2.24) is 10.6 Å². The molecule has 0 aliphatic heterocycles. The highest BCUT2D eigenvalue weighted by atomic mass is 16.5. The Bertz CT molecular complexity index is 308. The van der Waals surface area contributed by atoms with Crippen LogP contribution in [0.15, 0.2) is 0 Å². The SMILES string of the molecule is CCOCCC(=O)CC.CCOCCC(=O)NC.CCOCCC(O)CNC. The molecule has 170 valence electrons. The summed E-state index contributed by atoms with van der Waals surface area (Å²) in [5, 5.41) is 14.5. The number of hydrogen-bond donors (Lipinski definition) is 3. The number of carbonyl (C=O) groups is 2. The van der Waals surface area contributed by atoms with Crippen molar-refractivity contribution in [2.45, 2.75) is 59.5 Å². The van der Waals surface area contributed by atoms with E-state index in [1.54, 1.807) is 7.05 Å². The van der Waals surface area contributed by atoms with Gasteiger partial charge in [0.05, 0.1) is 19.3 Å². The van der Waals surface area contributed by atoms with Crippen LogP contribution in [0.1, 0.15) is 53.4 Å². The predicted molar refractivity (Wildman–Crippen MR) is 113 cm³/mol. The summed E-state index contributed by atoms with van der Waals surface area (Å²) in [5.41, 5.74) is 0. The Hall–Kier alpha value is -1.06. The smallest absolute Gasteiger partial charge is 0.222 e. The first-order valence-electron chi connectivity index (χ1n) is 10.2. The molecule has 0 aliphatic rings. The van der Waals surface area contributed by atoms with Gasteiger partial charge in [0.25, 0.3) is 0 Å². The lowest BCUT2D eigenvalue weighted by atomic mass is 10.2. The van der Waals surface area contributed by atoms with Crippen LogP contribution in [0.3, 0.4) is 0 Å².